The van der Waals surface area contributed by atoms with Crippen molar-refractivity contribution in [1.29, 1.82) is 0 Å². The molecule has 1 aromatic rings. The smallest absolute Gasteiger partial charge is 0.317 e. The molecule has 2 heterocycles. The number of amides is 2. The molecule has 1 atom stereocenters. The van der Waals surface area contributed by atoms with E-state index in [1.54, 1.807) is 4.90 Å². The molecule has 0 spiro atoms. The van der Waals surface area contributed by atoms with E-state index in [9.17, 15) is 13.2 Å². The van der Waals surface area contributed by atoms with Gasteiger partial charge in [-0.1, -0.05) is 0 Å². The van der Waals surface area contributed by atoms with E-state index in [1.165, 1.54) is 11.3 Å². The summed E-state index contributed by atoms with van der Waals surface area (Å²) in [7, 11) is -3.22. The second-order valence-corrected chi connectivity index (χ2v) is 8.82. The van der Waals surface area contributed by atoms with Crippen LogP contribution >= 0.6 is 0 Å². The molecule has 24 heavy (non-hydrogen) atoms. The molecule has 1 fully saturated rings. The minimum absolute atomic E-state index is 0.0983. The molecule has 2 amide bonds. The number of carbonyl (C=O) groups excluding carboxylic acids is 1. The highest BCUT2D eigenvalue weighted by atomic mass is 32.2. The Bertz CT molecular complexity index is 721. The lowest BCUT2D eigenvalue weighted by Crippen LogP contribution is -2.63. The third-order valence-electron chi connectivity index (χ3n) is 4.55. The molecule has 0 radical (unpaired) electrons. The van der Waals surface area contributed by atoms with Gasteiger partial charge in [0.1, 0.15) is 0 Å². The maximum absolute atomic E-state index is 12.3. The molecule has 1 saturated heterocycles. The van der Waals surface area contributed by atoms with Gasteiger partial charge in [0, 0.05) is 37.3 Å². The summed E-state index contributed by atoms with van der Waals surface area (Å²) in [4.78, 5) is 13.9. The van der Waals surface area contributed by atoms with E-state index >= 15 is 0 Å². The van der Waals surface area contributed by atoms with Crippen molar-refractivity contribution in [2.24, 2.45) is 0 Å². The van der Waals surface area contributed by atoms with E-state index in [0.717, 1.165) is 25.5 Å². The summed E-state index contributed by atoms with van der Waals surface area (Å²) in [6.07, 6.45) is 5.68. The minimum Gasteiger partial charge on any atom is -0.335 e. The van der Waals surface area contributed by atoms with Crippen LogP contribution in [-0.2, 0) is 22.9 Å². The van der Waals surface area contributed by atoms with E-state index in [4.69, 9.17) is 0 Å². The molecule has 1 aliphatic carbocycles. The Morgan fingerprint density at radius 2 is 2.04 bits per heavy atom. The van der Waals surface area contributed by atoms with Crippen molar-refractivity contribution in [1.82, 2.24) is 24.7 Å². The Balaban J connectivity index is 1.53. The average Bonchev–Trinajstić information content (AvgIpc) is 2.84. The lowest BCUT2D eigenvalue weighted by molar-refractivity contribution is 0.143. The van der Waals surface area contributed by atoms with Crippen LogP contribution in [0.15, 0.2) is 6.20 Å². The molecule has 0 aromatic carbocycles. The lowest BCUT2D eigenvalue weighted by atomic mass is 9.93. The number of aromatic nitrogens is 2. The van der Waals surface area contributed by atoms with Crippen LogP contribution in [0.4, 0.5) is 4.79 Å². The molecule has 2 aliphatic rings. The predicted molar refractivity (Wildman–Crippen MR) is 90.3 cm³/mol. The van der Waals surface area contributed by atoms with Gasteiger partial charge in [0.15, 0.2) is 0 Å². The van der Waals surface area contributed by atoms with Gasteiger partial charge in [0.25, 0.3) is 0 Å². The third-order valence-corrected chi connectivity index (χ3v) is 5.31. The quantitative estimate of drug-likeness (QED) is 0.810. The number of aryl methyl sites for hydroxylation is 1. The van der Waals surface area contributed by atoms with Crippen molar-refractivity contribution in [2.75, 3.05) is 19.3 Å². The van der Waals surface area contributed by atoms with Crippen LogP contribution < -0.4 is 10.0 Å². The van der Waals surface area contributed by atoms with Crippen LogP contribution in [0.3, 0.4) is 0 Å². The van der Waals surface area contributed by atoms with Gasteiger partial charge in [-0.15, -0.1) is 0 Å². The number of carbonyl (C=O) groups is 1. The van der Waals surface area contributed by atoms with E-state index in [-0.39, 0.29) is 18.1 Å². The zero-order chi connectivity index (χ0) is 17.5. The average molecular weight is 355 g/mol. The largest absolute Gasteiger partial charge is 0.335 e. The molecule has 1 aliphatic heterocycles. The van der Waals surface area contributed by atoms with Crippen molar-refractivity contribution >= 4 is 16.1 Å². The summed E-state index contributed by atoms with van der Waals surface area (Å²) in [6, 6.07) is 0.110. The number of nitrogens with one attached hydrogen (secondary N) is 2. The number of hydrogen-bond acceptors (Lipinski definition) is 4. The molecular weight excluding hydrogens is 330 g/mol. The predicted octanol–water partition coefficient (Wildman–Crippen LogP) is 0.264. The van der Waals surface area contributed by atoms with E-state index < -0.39 is 10.0 Å². The Hall–Kier alpha value is -1.61. The summed E-state index contributed by atoms with van der Waals surface area (Å²) in [5.74, 6) is 0. The van der Waals surface area contributed by atoms with Crippen molar-refractivity contribution < 1.29 is 13.2 Å². The first-order valence-electron chi connectivity index (χ1n) is 8.31. The Kier molecular flexibility index (Phi) is 4.56. The fraction of sp³-hybridized carbons (Fsp3) is 0.733. The van der Waals surface area contributed by atoms with Crippen molar-refractivity contribution in [3.05, 3.63) is 17.5 Å². The van der Waals surface area contributed by atoms with Gasteiger partial charge < -0.3 is 10.2 Å². The normalized spacial score (nSPS) is 21.5. The molecule has 1 aromatic heterocycles. The Morgan fingerprint density at radius 3 is 2.67 bits per heavy atom. The highest BCUT2D eigenvalue weighted by molar-refractivity contribution is 7.88. The Morgan fingerprint density at radius 1 is 1.33 bits per heavy atom. The zero-order valence-corrected chi connectivity index (χ0v) is 15.1. The fourth-order valence-electron chi connectivity index (χ4n) is 3.38. The zero-order valence-electron chi connectivity index (χ0n) is 14.3. The number of hydrogen-bond donors (Lipinski definition) is 2. The highest BCUT2D eigenvalue weighted by Crippen LogP contribution is 2.24. The van der Waals surface area contributed by atoms with Gasteiger partial charge in [-0.3, -0.25) is 4.68 Å². The molecule has 9 heteroatoms. The summed E-state index contributed by atoms with van der Waals surface area (Å²) >= 11 is 0. The first kappa shape index (κ1) is 17.2. The topological polar surface area (TPSA) is 96.3 Å². The van der Waals surface area contributed by atoms with Crippen LogP contribution in [-0.4, -0.2) is 60.6 Å². The molecule has 0 saturated carbocycles. The second-order valence-electron chi connectivity index (χ2n) is 7.04. The van der Waals surface area contributed by atoms with Gasteiger partial charge in [-0.25, -0.2) is 17.9 Å². The number of urea groups is 1. The standard InChI is InChI=1S/C15H25N5O3S/c1-10(2)20-14-6-12(5-4-11(14)7-16-20)17-15(21)19-8-13(9-19)18-24(3,22)23/h7,10,12-13,18H,4-6,8-9H2,1-3H3,(H,17,21). The van der Waals surface area contributed by atoms with E-state index in [1.807, 2.05) is 10.9 Å². The molecule has 2 N–H and O–H groups in total. The van der Waals surface area contributed by atoms with Crippen LogP contribution in [0.25, 0.3) is 0 Å². The van der Waals surface area contributed by atoms with Gasteiger partial charge in [0.05, 0.1) is 18.5 Å². The molecule has 134 valence electrons. The number of rotatable bonds is 4. The number of sulfonamides is 1. The minimum atomic E-state index is -3.22. The van der Waals surface area contributed by atoms with E-state index in [0.29, 0.717) is 19.1 Å². The number of nitrogens with zero attached hydrogens (tertiary/aromatic N) is 3. The van der Waals surface area contributed by atoms with Crippen molar-refractivity contribution in [2.45, 2.75) is 51.2 Å². The molecule has 3 rings (SSSR count). The fourth-order valence-corrected chi connectivity index (χ4v) is 4.13. The van der Waals surface area contributed by atoms with Crippen LogP contribution in [0, 0.1) is 0 Å². The molecule has 0 bridgehead atoms. The van der Waals surface area contributed by atoms with Gasteiger partial charge in [-0.2, -0.15) is 5.10 Å². The lowest BCUT2D eigenvalue weighted by Gasteiger charge is -2.40. The first-order chi connectivity index (χ1) is 11.2. The molecular formula is C15H25N5O3S. The van der Waals surface area contributed by atoms with Crippen molar-refractivity contribution in [3.8, 4) is 0 Å². The SMILES string of the molecule is CC(C)n1ncc2c1CC(NC(=O)N1CC(NS(C)(=O)=O)C1)CC2. The maximum Gasteiger partial charge on any atom is 0.317 e. The molecule has 1 unspecified atom stereocenters. The second kappa shape index (κ2) is 6.36. The first-order valence-corrected chi connectivity index (χ1v) is 10.2. The van der Waals surface area contributed by atoms with Crippen molar-refractivity contribution in [3.63, 3.8) is 0 Å². The van der Waals surface area contributed by atoms with Gasteiger partial charge in [-0.05, 0) is 32.3 Å². The number of fused-ring (bicyclic) bond motifs is 1. The summed E-state index contributed by atoms with van der Waals surface area (Å²) in [6.45, 7) is 5.04. The monoisotopic (exact) mass is 355 g/mol. The van der Waals surface area contributed by atoms with Gasteiger partial charge in [0.2, 0.25) is 10.0 Å². The summed E-state index contributed by atoms with van der Waals surface area (Å²) in [5.41, 5.74) is 2.48. The van der Waals surface area contributed by atoms with Crippen LogP contribution in [0.2, 0.25) is 0 Å². The Labute approximate surface area is 142 Å². The summed E-state index contributed by atoms with van der Waals surface area (Å²) in [5, 5.41) is 7.52. The van der Waals surface area contributed by atoms with E-state index in [2.05, 4.69) is 29.0 Å². The van der Waals surface area contributed by atoms with Crippen LogP contribution in [0.1, 0.15) is 37.6 Å². The third kappa shape index (κ3) is 3.72. The van der Waals surface area contributed by atoms with Crippen LogP contribution in [0.5, 0.6) is 0 Å². The highest BCUT2D eigenvalue weighted by Gasteiger charge is 2.34. The van der Waals surface area contributed by atoms with Gasteiger partial charge >= 0.3 is 6.03 Å². The summed E-state index contributed by atoms with van der Waals surface area (Å²) < 4.78 is 26.9. The molecule has 8 nitrogen and oxygen atoms in total. The maximum atomic E-state index is 12.3. The number of likely N-dealkylation sites (tertiary alicyclic amines) is 1.